The molecule has 8 heteroatoms. The molecule has 2 aliphatic rings. The van der Waals surface area contributed by atoms with E-state index in [1.807, 2.05) is 0 Å². The van der Waals surface area contributed by atoms with Crippen molar-refractivity contribution < 1.29 is 18.4 Å². The van der Waals surface area contributed by atoms with Gasteiger partial charge in [-0.1, -0.05) is 0 Å². The van der Waals surface area contributed by atoms with Crippen molar-refractivity contribution in [2.45, 2.75) is 31.0 Å². The van der Waals surface area contributed by atoms with E-state index < -0.39 is 22.2 Å². The number of nitrogens with two attached hydrogens (primary N) is 1. The highest BCUT2D eigenvalue weighted by atomic mass is 19.1. The van der Waals surface area contributed by atoms with E-state index in [0.717, 1.165) is 18.9 Å². The summed E-state index contributed by atoms with van der Waals surface area (Å²) < 4.78 is 32.5. The first-order chi connectivity index (χ1) is 9.99. The van der Waals surface area contributed by atoms with Gasteiger partial charge in [-0.05, 0) is 12.8 Å². The van der Waals surface area contributed by atoms with E-state index >= 15 is 0 Å². The standard InChI is InChI=1S/C13H15F2N3O3/c14-6-4-8(15)12(18(19)20)9(5-6)17-11-10(16)7-2-1-3-21-13(7)11/h4-5,7,10-11,13,17H,1-3,16H2. The lowest BCUT2D eigenvalue weighted by molar-refractivity contribution is -0.386. The van der Waals surface area contributed by atoms with Gasteiger partial charge in [0.25, 0.3) is 0 Å². The molecule has 1 aromatic rings. The van der Waals surface area contributed by atoms with E-state index in [0.29, 0.717) is 12.7 Å². The number of hydrogen-bond donors (Lipinski definition) is 2. The Labute approximate surface area is 119 Å². The first-order valence-corrected chi connectivity index (χ1v) is 6.76. The molecule has 0 amide bonds. The maximum Gasteiger partial charge on any atom is 0.327 e. The second kappa shape index (κ2) is 5.19. The summed E-state index contributed by atoms with van der Waals surface area (Å²) in [5, 5.41) is 13.7. The first kappa shape index (κ1) is 14.2. The van der Waals surface area contributed by atoms with Crippen LogP contribution < -0.4 is 11.1 Å². The van der Waals surface area contributed by atoms with Crippen LogP contribution in [0, 0.1) is 27.7 Å². The molecule has 3 N–H and O–H groups in total. The maximum absolute atomic E-state index is 13.6. The van der Waals surface area contributed by atoms with Crippen molar-refractivity contribution in [1.29, 1.82) is 0 Å². The van der Waals surface area contributed by atoms with Crippen LogP contribution >= 0.6 is 0 Å². The number of hydrogen-bond acceptors (Lipinski definition) is 5. The van der Waals surface area contributed by atoms with E-state index in [1.165, 1.54) is 0 Å². The highest BCUT2D eigenvalue weighted by Crippen LogP contribution is 2.40. The average Bonchev–Trinajstić information content (AvgIpc) is 2.43. The molecule has 1 aromatic carbocycles. The van der Waals surface area contributed by atoms with Crippen LogP contribution in [0.25, 0.3) is 0 Å². The Morgan fingerprint density at radius 3 is 2.90 bits per heavy atom. The van der Waals surface area contributed by atoms with Crippen molar-refractivity contribution >= 4 is 11.4 Å². The molecule has 4 unspecified atom stereocenters. The summed E-state index contributed by atoms with van der Waals surface area (Å²) in [5.74, 6) is -1.90. The van der Waals surface area contributed by atoms with Gasteiger partial charge < -0.3 is 15.8 Å². The summed E-state index contributed by atoms with van der Waals surface area (Å²) in [6, 6.07) is 0.769. The molecule has 1 heterocycles. The minimum atomic E-state index is -1.21. The third-order valence-corrected chi connectivity index (χ3v) is 4.21. The van der Waals surface area contributed by atoms with E-state index in [1.54, 1.807) is 0 Å². The molecule has 0 bridgehead atoms. The number of anilines is 1. The molecule has 2 fully saturated rings. The molecule has 114 valence electrons. The number of nitro groups is 1. The predicted molar refractivity (Wildman–Crippen MR) is 70.9 cm³/mol. The number of halogens is 2. The van der Waals surface area contributed by atoms with Crippen molar-refractivity contribution in [2.75, 3.05) is 11.9 Å². The Kier molecular flexibility index (Phi) is 3.50. The summed E-state index contributed by atoms with van der Waals surface area (Å²) in [5.41, 5.74) is 5.05. The Hall–Kier alpha value is -1.80. The van der Waals surface area contributed by atoms with E-state index in [9.17, 15) is 18.9 Å². The molecule has 0 radical (unpaired) electrons. The highest BCUT2D eigenvalue weighted by Gasteiger charge is 2.51. The topological polar surface area (TPSA) is 90.4 Å². The fourth-order valence-electron chi connectivity index (χ4n) is 3.17. The van der Waals surface area contributed by atoms with E-state index in [4.69, 9.17) is 10.5 Å². The van der Waals surface area contributed by atoms with Crippen molar-refractivity contribution in [2.24, 2.45) is 11.7 Å². The normalized spacial score (nSPS) is 31.2. The van der Waals surface area contributed by atoms with Gasteiger partial charge in [0.2, 0.25) is 5.82 Å². The van der Waals surface area contributed by atoms with Crippen molar-refractivity contribution in [1.82, 2.24) is 0 Å². The Morgan fingerprint density at radius 1 is 1.43 bits per heavy atom. The third kappa shape index (κ3) is 2.34. The first-order valence-electron chi connectivity index (χ1n) is 6.76. The Bertz CT molecular complexity index is 584. The van der Waals surface area contributed by atoms with Gasteiger partial charge in [-0.2, -0.15) is 4.39 Å². The van der Waals surface area contributed by atoms with Crippen molar-refractivity contribution in [3.05, 3.63) is 33.9 Å². The quantitative estimate of drug-likeness (QED) is 0.656. The van der Waals surface area contributed by atoms with Gasteiger partial charge in [-0.3, -0.25) is 10.1 Å². The molecule has 1 saturated carbocycles. The lowest BCUT2D eigenvalue weighted by Crippen LogP contribution is -2.69. The maximum atomic E-state index is 13.6. The minimum absolute atomic E-state index is 0.167. The smallest absolute Gasteiger partial charge is 0.327 e. The number of nitrogens with one attached hydrogen (secondary N) is 1. The van der Waals surface area contributed by atoms with Gasteiger partial charge in [-0.25, -0.2) is 4.39 Å². The minimum Gasteiger partial charge on any atom is -0.376 e. The van der Waals surface area contributed by atoms with Crippen molar-refractivity contribution in [3.8, 4) is 0 Å². The molecule has 0 spiro atoms. The van der Waals surface area contributed by atoms with Crippen LogP contribution in [0.5, 0.6) is 0 Å². The summed E-state index contributed by atoms with van der Waals surface area (Å²) in [7, 11) is 0. The monoisotopic (exact) mass is 299 g/mol. The summed E-state index contributed by atoms with van der Waals surface area (Å²) in [6.45, 7) is 0.603. The van der Waals surface area contributed by atoms with Gasteiger partial charge in [0.15, 0.2) is 0 Å². The van der Waals surface area contributed by atoms with Crippen LogP contribution in [0.2, 0.25) is 0 Å². The molecule has 1 aliphatic heterocycles. The number of ether oxygens (including phenoxy) is 1. The molecule has 3 rings (SSSR count). The number of rotatable bonds is 3. The molecule has 1 saturated heterocycles. The summed E-state index contributed by atoms with van der Waals surface area (Å²) in [6.07, 6.45) is 1.69. The average molecular weight is 299 g/mol. The van der Waals surface area contributed by atoms with Gasteiger partial charge in [0, 0.05) is 30.7 Å². The molecule has 21 heavy (non-hydrogen) atoms. The van der Waals surface area contributed by atoms with Crippen molar-refractivity contribution in [3.63, 3.8) is 0 Å². The van der Waals surface area contributed by atoms with Gasteiger partial charge >= 0.3 is 5.69 Å². The zero-order chi connectivity index (χ0) is 15.1. The number of nitrogens with zero attached hydrogens (tertiary/aromatic N) is 1. The van der Waals surface area contributed by atoms with E-state index in [-0.39, 0.29) is 29.8 Å². The lowest BCUT2D eigenvalue weighted by atomic mass is 9.68. The van der Waals surface area contributed by atoms with Crippen LogP contribution in [-0.2, 0) is 4.74 Å². The van der Waals surface area contributed by atoms with Crippen LogP contribution in [0.15, 0.2) is 12.1 Å². The summed E-state index contributed by atoms with van der Waals surface area (Å²) in [4.78, 5) is 10.1. The molecule has 1 aliphatic carbocycles. The fourth-order valence-corrected chi connectivity index (χ4v) is 3.17. The van der Waals surface area contributed by atoms with Gasteiger partial charge in [-0.15, -0.1) is 0 Å². The van der Waals surface area contributed by atoms with Gasteiger partial charge in [0.1, 0.15) is 11.5 Å². The third-order valence-electron chi connectivity index (χ3n) is 4.21. The second-order valence-electron chi connectivity index (χ2n) is 5.43. The SMILES string of the molecule is NC1C2CCCOC2C1Nc1cc(F)cc(F)c1[N+](=O)[O-]. The molecule has 4 atom stereocenters. The highest BCUT2D eigenvalue weighted by molar-refractivity contribution is 5.63. The molecule has 6 nitrogen and oxygen atoms in total. The summed E-state index contributed by atoms with van der Waals surface area (Å²) >= 11 is 0. The van der Waals surface area contributed by atoms with Gasteiger partial charge in [0.05, 0.1) is 17.1 Å². The van der Waals surface area contributed by atoms with Crippen LogP contribution in [0.4, 0.5) is 20.2 Å². The zero-order valence-corrected chi connectivity index (χ0v) is 11.1. The molecular weight excluding hydrogens is 284 g/mol. The molecular formula is C13H15F2N3O3. The zero-order valence-electron chi connectivity index (χ0n) is 11.1. The number of benzene rings is 1. The molecule has 0 aromatic heterocycles. The van der Waals surface area contributed by atoms with E-state index in [2.05, 4.69) is 5.32 Å². The number of nitro benzene ring substituents is 1. The second-order valence-corrected chi connectivity index (χ2v) is 5.43. The van der Waals surface area contributed by atoms with Crippen LogP contribution in [0.1, 0.15) is 12.8 Å². The Morgan fingerprint density at radius 2 is 2.19 bits per heavy atom. The lowest BCUT2D eigenvalue weighted by Gasteiger charge is -2.52. The number of fused-ring (bicyclic) bond motifs is 1. The largest absolute Gasteiger partial charge is 0.376 e. The van der Waals surface area contributed by atoms with Crippen LogP contribution in [-0.4, -0.2) is 29.7 Å². The predicted octanol–water partition coefficient (Wildman–Crippen LogP) is 1.79. The Balaban J connectivity index is 1.86. The fraction of sp³-hybridized carbons (Fsp3) is 0.538. The van der Waals surface area contributed by atoms with Crippen LogP contribution in [0.3, 0.4) is 0 Å².